The van der Waals surface area contributed by atoms with Gasteiger partial charge in [0.25, 0.3) is 0 Å². The lowest BCUT2D eigenvalue weighted by atomic mass is 10.0. The first kappa shape index (κ1) is 21.2. The van der Waals surface area contributed by atoms with Crippen LogP contribution < -0.4 is 14.4 Å². The number of hydrogen-bond donors (Lipinski definition) is 1. The summed E-state index contributed by atoms with van der Waals surface area (Å²) in [6.07, 6.45) is 4.43. The van der Waals surface area contributed by atoms with Gasteiger partial charge in [-0.25, -0.2) is 8.42 Å². The van der Waals surface area contributed by atoms with Gasteiger partial charge in [0.05, 0.1) is 25.1 Å². The molecule has 0 saturated carbocycles. The quantitative estimate of drug-likeness (QED) is 0.752. The number of rotatable bonds is 7. The molecule has 6 nitrogen and oxygen atoms in total. The summed E-state index contributed by atoms with van der Waals surface area (Å²) >= 11 is 0. The van der Waals surface area contributed by atoms with E-state index < -0.39 is 10.0 Å². The third kappa shape index (κ3) is 4.90. The number of ether oxygens (including phenoxy) is 1. The van der Waals surface area contributed by atoms with Crippen LogP contribution in [-0.2, 0) is 27.7 Å². The van der Waals surface area contributed by atoms with E-state index in [-0.39, 0.29) is 18.5 Å². The zero-order valence-corrected chi connectivity index (χ0v) is 18.2. The van der Waals surface area contributed by atoms with Crippen molar-refractivity contribution >= 4 is 21.6 Å². The molecule has 1 unspecified atom stereocenters. The van der Waals surface area contributed by atoms with Gasteiger partial charge >= 0.3 is 0 Å². The van der Waals surface area contributed by atoms with Crippen LogP contribution in [0.15, 0.2) is 36.4 Å². The molecule has 0 saturated heterocycles. The van der Waals surface area contributed by atoms with Crippen LogP contribution in [0.5, 0.6) is 5.75 Å². The van der Waals surface area contributed by atoms with Crippen molar-refractivity contribution in [3.63, 3.8) is 0 Å². The number of methoxy groups -OCH3 is 1. The molecule has 0 radical (unpaired) electrons. The smallest absolute Gasteiger partial charge is 0.241 e. The molecule has 1 amide bonds. The molecule has 29 heavy (non-hydrogen) atoms. The molecule has 1 aliphatic rings. The summed E-state index contributed by atoms with van der Waals surface area (Å²) in [4.78, 5) is 12.7. The number of nitrogens with zero attached hydrogens (tertiary/aromatic N) is 1. The zero-order chi connectivity index (χ0) is 21.2. The Balaban J connectivity index is 1.78. The molecule has 3 rings (SSSR count). The van der Waals surface area contributed by atoms with Crippen LogP contribution in [0.25, 0.3) is 0 Å². The van der Waals surface area contributed by atoms with E-state index in [0.29, 0.717) is 11.4 Å². The van der Waals surface area contributed by atoms with Crippen molar-refractivity contribution < 1.29 is 17.9 Å². The fourth-order valence-electron chi connectivity index (χ4n) is 3.74. The Morgan fingerprint density at radius 3 is 2.59 bits per heavy atom. The number of hydrogen-bond acceptors (Lipinski definition) is 4. The van der Waals surface area contributed by atoms with Gasteiger partial charge < -0.3 is 10.1 Å². The lowest BCUT2D eigenvalue weighted by Crippen LogP contribution is -2.41. The van der Waals surface area contributed by atoms with Crippen molar-refractivity contribution in [2.75, 3.05) is 24.2 Å². The Hall–Kier alpha value is -2.54. The summed E-state index contributed by atoms with van der Waals surface area (Å²) < 4.78 is 31.2. The van der Waals surface area contributed by atoms with E-state index in [1.54, 1.807) is 12.1 Å². The number of anilines is 1. The van der Waals surface area contributed by atoms with Crippen LogP contribution in [0.2, 0.25) is 0 Å². The first-order valence-corrected chi connectivity index (χ1v) is 11.6. The molecule has 0 bridgehead atoms. The minimum Gasteiger partial charge on any atom is -0.495 e. The highest BCUT2D eigenvalue weighted by atomic mass is 32.2. The molecule has 2 aromatic rings. The molecular weight excluding hydrogens is 388 g/mol. The predicted molar refractivity (Wildman–Crippen MR) is 115 cm³/mol. The van der Waals surface area contributed by atoms with Crippen LogP contribution in [0.3, 0.4) is 0 Å². The topological polar surface area (TPSA) is 75.7 Å². The van der Waals surface area contributed by atoms with E-state index in [1.165, 1.54) is 24.7 Å². The molecule has 0 aliphatic heterocycles. The molecule has 7 heteroatoms. The molecule has 0 fully saturated rings. The largest absolute Gasteiger partial charge is 0.495 e. The predicted octanol–water partition coefficient (Wildman–Crippen LogP) is 3.14. The Morgan fingerprint density at radius 2 is 1.90 bits per heavy atom. The Labute approximate surface area is 172 Å². The molecule has 0 spiro atoms. The number of aryl methyl sites for hydroxylation is 3. The maximum absolute atomic E-state index is 12.7. The molecule has 1 N–H and O–H groups in total. The van der Waals surface area contributed by atoms with E-state index in [9.17, 15) is 13.2 Å². The SMILES string of the molecule is COc1ccc(C)cc1N(CC(=O)NC(C)c1ccc2c(c1)CCC2)S(C)(=O)=O. The summed E-state index contributed by atoms with van der Waals surface area (Å²) in [5.41, 5.74) is 4.97. The maximum atomic E-state index is 12.7. The standard InChI is InChI=1S/C22H28N2O4S/c1-15-8-11-21(28-3)20(12-15)24(29(4,26)27)14-22(25)23-16(2)18-10-9-17-6-5-7-19(17)13-18/h8-13,16H,5-7,14H2,1-4H3,(H,23,25). The number of carbonyl (C=O) groups excluding carboxylic acids is 1. The second-order valence-corrected chi connectivity index (χ2v) is 9.52. The Kier molecular flexibility index (Phi) is 6.17. The van der Waals surface area contributed by atoms with Crippen LogP contribution in [0.1, 0.15) is 41.6 Å². The highest BCUT2D eigenvalue weighted by Crippen LogP contribution is 2.31. The molecule has 2 aromatic carbocycles. The van der Waals surface area contributed by atoms with Crippen molar-refractivity contribution in [1.29, 1.82) is 0 Å². The van der Waals surface area contributed by atoms with Crippen molar-refractivity contribution in [3.05, 3.63) is 58.7 Å². The number of amides is 1. The summed E-state index contributed by atoms with van der Waals surface area (Å²) in [6, 6.07) is 11.3. The van der Waals surface area contributed by atoms with E-state index in [1.807, 2.05) is 26.0 Å². The first-order chi connectivity index (χ1) is 13.7. The number of nitrogens with one attached hydrogen (secondary N) is 1. The third-order valence-electron chi connectivity index (χ3n) is 5.29. The summed E-state index contributed by atoms with van der Waals surface area (Å²) in [7, 11) is -2.20. The van der Waals surface area contributed by atoms with Crippen LogP contribution in [-0.4, -0.2) is 34.2 Å². The van der Waals surface area contributed by atoms with Gasteiger partial charge in [-0.2, -0.15) is 0 Å². The number of benzene rings is 2. The van der Waals surface area contributed by atoms with Crippen LogP contribution in [0.4, 0.5) is 5.69 Å². The van der Waals surface area contributed by atoms with Gasteiger partial charge in [-0.05, 0) is 67.5 Å². The van der Waals surface area contributed by atoms with Crippen molar-refractivity contribution in [2.24, 2.45) is 0 Å². The molecule has 0 aromatic heterocycles. The molecule has 156 valence electrons. The van der Waals surface area contributed by atoms with Crippen LogP contribution in [0, 0.1) is 6.92 Å². The van der Waals surface area contributed by atoms with Crippen molar-refractivity contribution in [1.82, 2.24) is 5.32 Å². The first-order valence-electron chi connectivity index (χ1n) is 9.72. The Morgan fingerprint density at radius 1 is 1.17 bits per heavy atom. The summed E-state index contributed by atoms with van der Waals surface area (Å²) in [5.74, 6) is 0.0347. The van der Waals surface area contributed by atoms with Crippen molar-refractivity contribution in [2.45, 2.75) is 39.2 Å². The molecule has 0 heterocycles. The van der Waals surface area contributed by atoms with Gasteiger partial charge in [-0.3, -0.25) is 9.10 Å². The normalized spacial score (nSPS) is 14.2. The van der Waals surface area contributed by atoms with E-state index in [4.69, 9.17) is 4.74 Å². The van der Waals surface area contributed by atoms with Crippen LogP contribution >= 0.6 is 0 Å². The minimum absolute atomic E-state index is 0.214. The number of carbonyl (C=O) groups is 1. The van der Waals surface area contributed by atoms with Gasteiger partial charge in [0.15, 0.2) is 0 Å². The second kappa shape index (κ2) is 8.45. The van der Waals surface area contributed by atoms with Gasteiger partial charge in [-0.15, -0.1) is 0 Å². The average molecular weight is 417 g/mol. The number of fused-ring (bicyclic) bond motifs is 1. The molecule has 1 aliphatic carbocycles. The van der Waals surface area contributed by atoms with E-state index in [0.717, 1.165) is 34.5 Å². The van der Waals surface area contributed by atoms with E-state index >= 15 is 0 Å². The average Bonchev–Trinajstić information content (AvgIpc) is 3.13. The second-order valence-electron chi connectivity index (χ2n) is 7.62. The highest BCUT2D eigenvalue weighted by Gasteiger charge is 2.25. The Bertz CT molecular complexity index is 1020. The monoisotopic (exact) mass is 416 g/mol. The van der Waals surface area contributed by atoms with E-state index in [2.05, 4.69) is 17.4 Å². The van der Waals surface area contributed by atoms with Gasteiger partial charge in [0.1, 0.15) is 12.3 Å². The van der Waals surface area contributed by atoms with Gasteiger partial charge in [0, 0.05) is 0 Å². The fraction of sp³-hybridized carbons (Fsp3) is 0.409. The molecule has 1 atom stereocenters. The lowest BCUT2D eigenvalue weighted by Gasteiger charge is -2.25. The fourth-order valence-corrected chi connectivity index (χ4v) is 4.59. The lowest BCUT2D eigenvalue weighted by molar-refractivity contribution is -0.120. The maximum Gasteiger partial charge on any atom is 0.241 e. The minimum atomic E-state index is -3.68. The summed E-state index contributed by atoms with van der Waals surface area (Å²) in [5, 5.41) is 2.93. The zero-order valence-electron chi connectivity index (χ0n) is 17.4. The highest BCUT2D eigenvalue weighted by molar-refractivity contribution is 7.92. The van der Waals surface area contributed by atoms with Gasteiger partial charge in [0.2, 0.25) is 15.9 Å². The third-order valence-corrected chi connectivity index (χ3v) is 6.42. The molecular formula is C22H28N2O4S. The van der Waals surface area contributed by atoms with Crippen molar-refractivity contribution in [3.8, 4) is 5.75 Å². The summed E-state index contributed by atoms with van der Waals surface area (Å²) in [6.45, 7) is 3.46. The number of sulfonamides is 1. The van der Waals surface area contributed by atoms with Gasteiger partial charge in [-0.1, -0.05) is 24.3 Å².